The van der Waals surface area contributed by atoms with Gasteiger partial charge < -0.3 is 15.1 Å². The summed E-state index contributed by atoms with van der Waals surface area (Å²) in [7, 11) is 0.588. The van der Waals surface area contributed by atoms with Gasteiger partial charge in [-0.05, 0) is 82.2 Å². The summed E-state index contributed by atoms with van der Waals surface area (Å²) in [6.45, 7) is 7.55. The van der Waals surface area contributed by atoms with E-state index in [0.29, 0.717) is 19.4 Å². The van der Waals surface area contributed by atoms with Crippen molar-refractivity contribution in [1.82, 2.24) is 0 Å². The third-order valence-electron chi connectivity index (χ3n) is 6.85. The van der Waals surface area contributed by atoms with Gasteiger partial charge in [-0.1, -0.05) is 35.8 Å². The lowest BCUT2D eigenvalue weighted by Crippen LogP contribution is -2.48. The summed E-state index contributed by atoms with van der Waals surface area (Å²) in [6.07, 6.45) is 13.5. The SMILES string of the molecule is CC(C)(O)C(C)(C)OBC1=CC2c3cc(C4=CC=CCC4)ccc3NC2CC1. The molecule has 4 rings (SSSR count). The molecule has 0 saturated carbocycles. The van der Waals surface area contributed by atoms with Crippen LogP contribution in [-0.2, 0) is 4.65 Å². The van der Waals surface area contributed by atoms with Crippen LogP contribution in [0.2, 0.25) is 0 Å². The standard InChI is InChI=1S/C24H32BNO2/c1-23(2,27)24(3,4)28-25-18-11-13-22-20(15-18)19-14-17(10-12-21(19)26-22)16-8-6-5-7-9-16/h5-6,8,10,12,14-15,20,22,25-27H,7,9,11,13H2,1-4H3. The Hall–Kier alpha value is -1.78. The first-order chi connectivity index (χ1) is 13.2. The Kier molecular flexibility index (Phi) is 5.05. The Morgan fingerprint density at radius 3 is 2.71 bits per heavy atom. The summed E-state index contributed by atoms with van der Waals surface area (Å²) >= 11 is 0. The van der Waals surface area contributed by atoms with Gasteiger partial charge in [-0.3, -0.25) is 0 Å². The summed E-state index contributed by atoms with van der Waals surface area (Å²) in [5.74, 6) is 0.410. The second-order valence-electron chi connectivity index (χ2n) is 9.46. The van der Waals surface area contributed by atoms with Crippen molar-refractivity contribution in [1.29, 1.82) is 0 Å². The second-order valence-corrected chi connectivity index (χ2v) is 9.46. The van der Waals surface area contributed by atoms with E-state index in [1.807, 2.05) is 27.7 Å². The molecule has 2 unspecified atom stereocenters. The first-order valence-corrected chi connectivity index (χ1v) is 10.6. The lowest BCUT2D eigenvalue weighted by atomic mass is 9.72. The van der Waals surface area contributed by atoms with Crippen molar-refractivity contribution in [3.05, 3.63) is 59.1 Å². The summed E-state index contributed by atoms with van der Waals surface area (Å²) < 4.78 is 6.13. The Morgan fingerprint density at radius 2 is 2.00 bits per heavy atom. The number of hydrogen-bond acceptors (Lipinski definition) is 3. The van der Waals surface area contributed by atoms with Crippen molar-refractivity contribution >= 4 is 18.7 Å². The molecule has 0 aromatic heterocycles. The Balaban J connectivity index is 1.54. The average Bonchev–Trinajstić information content (AvgIpc) is 3.03. The summed E-state index contributed by atoms with van der Waals surface area (Å²) in [4.78, 5) is 0. The highest BCUT2D eigenvalue weighted by atomic mass is 16.5. The molecular formula is C24H32BNO2. The van der Waals surface area contributed by atoms with E-state index in [4.69, 9.17) is 4.65 Å². The number of hydrogen-bond donors (Lipinski definition) is 2. The van der Waals surface area contributed by atoms with E-state index >= 15 is 0 Å². The van der Waals surface area contributed by atoms with Gasteiger partial charge in [-0.2, -0.15) is 0 Å². The van der Waals surface area contributed by atoms with Crippen LogP contribution in [0.25, 0.3) is 5.57 Å². The van der Waals surface area contributed by atoms with E-state index < -0.39 is 11.2 Å². The maximum Gasteiger partial charge on any atom is 0.305 e. The van der Waals surface area contributed by atoms with Crippen LogP contribution in [0.15, 0.2) is 48.0 Å². The largest absolute Gasteiger partial charge is 0.427 e. The topological polar surface area (TPSA) is 41.5 Å². The molecule has 148 valence electrons. The van der Waals surface area contributed by atoms with E-state index in [1.54, 1.807) is 0 Å². The van der Waals surface area contributed by atoms with Crippen molar-refractivity contribution in [3.8, 4) is 0 Å². The predicted molar refractivity (Wildman–Crippen MR) is 119 cm³/mol. The number of fused-ring (bicyclic) bond motifs is 3. The number of rotatable bonds is 5. The van der Waals surface area contributed by atoms with Crippen molar-refractivity contribution in [3.63, 3.8) is 0 Å². The van der Waals surface area contributed by atoms with Crippen LogP contribution in [-0.4, -0.2) is 29.8 Å². The minimum atomic E-state index is -0.872. The monoisotopic (exact) mass is 377 g/mol. The molecular weight excluding hydrogens is 345 g/mol. The van der Waals surface area contributed by atoms with Gasteiger partial charge in [0.25, 0.3) is 0 Å². The fourth-order valence-electron chi connectivity index (χ4n) is 4.22. The molecule has 1 heterocycles. The molecule has 0 saturated heterocycles. The Morgan fingerprint density at radius 1 is 1.18 bits per heavy atom. The van der Waals surface area contributed by atoms with Crippen molar-refractivity contribution in [2.75, 3.05) is 5.32 Å². The molecule has 0 amide bonds. The highest BCUT2D eigenvalue weighted by molar-refractivity contribution is 6.38. The van der Waals surface area contributed by atoms with E-state index in [1.165, 1.54) is 27.9 Å². The number of nitrogens with one attached hydrogen (secondary N) is 1. The van der Waals surface area contributed by atoms with Gasteiger partial charge in [0.05, 0.1) is 11.2 Å². The van der Waals surface area contributed by atoms with Crippen LogP contribution in [0.1, 0.15) is 70.4 Å². The van der Waals surface area contributed by atoms with Crippen LogP contribution >= 0.6 is 0 Å². The number of anilines is 1. The average molecular weight is 377 g/mol. The van der Waals surface area contributed by atoms with Crippen LogP contribution in [0.3, 0.4) is 0 Å². The summed E-state index contributed by atoms with van der Waals surface area (Å²) in [6, 6.07) is 7.38. The number of allylic oxidation sites excluding steroid dienone is 5. The zero-order valence-electron chi connectivity index (χ0n) is 17.6. The molecule has 1 aromatic carbocycles. The van der Waals surface area contributed by atoms with Gasteiger partial charge in [-0.15, -0.1) is 0 Å². The van der Waals surface area contributed by atoms with Gasteiger partial charge in [0.1, 0.15) is 0 Å². The second kappa shape index (κ2) is 7.24. The molecule has 28 heavy (non-hydrogen) atoms. The van der Waals surface area contributed by atoms with Gasteiger partial charge >= 0.3 is 7.48 Å². The van der Waals surface area contributed by atoms with Crippen molar-refractivity contribution < 1.29 is 9.76 Å². The highest BCUT2D eigenvalue weighted by Crippen LogP contribution is 2.44. The molecule has 0 spiro atoms. The first-order valence-electron chi connectivity index (χ1n) is 10.6. The summed E-state index contributed by atoms with van der Waals surface area (Å²) in [5, 5.41) is 14.1. The van der Waals surface area contributed by atoms with E-state index in [-0.39, 0.29) is 0 Å². The van der Waals surface area contributed by atoms with Gasteiger partial charge in [-0.25, -0.2) is 0 Å². The predicted octanol–water partition coefficient (Wildman–Crippen LogP) is 4.89. The Labute approximate surface area is 169 Å². The van der Waals surface area contributed by atoms with Crippen LogP contribution in [0, 0.1) is 0 Å². The van der Waals surface area contributed by atoms with Crippen LogP contribution in [0.4, 0.5) is 5.69 Å². The lowest BCUT2D eigenvalue weighted by molar-refractivity contribution is -0.0897. The third kappa shape index (κ3) is 3.73. The van der Waals surface area contributed by atoms with Gasteiger partial charge in [0, 0.05) is 17.6 Å². The highest BCUT2D eigenvalue weighted by Gasteiger charge is 2.37. The number of aliphatic hydroxyl groups is 1. The van der Waals surface area contributed by atoms with Crippen LogP contribution in [0.5, 0.6) is 0 Å². The summed E-state index contributed by atoms with van der Waals surface area (Å²) in [5.41, 5.74) is 5.37. The van der Waals surface area contributed by atoms with Crippen molar-refractivity contribution in [2.24, 2.45) is 0 Å². The van der Waals surface area contributed by atoms with E-state index in [0.717, 1.165) is 25.7 Å². The molecule has 3 nitrogen and oxygen atoms in total. The third-order valence-corrected chi connectivity index (χ3v) is 6.85. The molecule has 3 aliphatic rings. The molecule has 2 N–H and O–H groups in total. The maximum absolute atomic E-state index is 10.3. The Bertz CT molecular complexity index is 845. The molecule has 0 radical (unpaired) electrons. The first kappa shape index (κ1) is 19.5. The normalized spacial score (nSPS) is 24.0. The van der Waals surface area contributed by atoms with E-state index in [9.17, 15) is 5.11 Å². The minimum absolute atomic E-state index is 0.410. The quantitative estimate of drug-likeness (QED) is 0.718. The number of benzene rings is 1. The molecule has 4 heteroatoms. The van der Waals surface area contributed by atoms with Gasteiger partial charge in [0.2, 0.25) is 0 Å². The fourth-order valence-corrected chi connectivity index (χ4v) is 4.22. The zero-order valence-corrected chi connectivity index (χ0v) is 17.6. The zero-order chi connectivity index (χ0) is 19.9. The molecule has 0 bridgehead atoms. The van der Waals surface area contributed by atoms with E-state index in [2.05, 4.69) is 47.8 Å². The smallest absolute Gasteiger partial charge is 0.305 e. The van der Waals surface area contributed by atoms with Crippen molar-refractivity contribution in [2.45, 2.75) is 76.5 Å². The fraction of sp³-hybridized carbons (Fsp3) is 0.500. The molecule has 2 aliphatic carbocycles. The minimum Gasteiger partial charge on any atom is -0.427 e. The molecule has 0 fully saturated rings. The maximum atomic E-state index is 10.3. The van der Waals surface area contributed by atoms with Crippen LogP contribution < -0.4 is 5.32 Å². The lowest BCUT2D eigenvalue weighted by Gasteiger charge is -2.38. The van der Waals surface area contributed by atoms with Gasteiger partial charge in [0.15, 0.2) is 0 Å². The molecule has 2 atom stereocenters. The molecule has 1 aliphatic heterocycles. The molecule has 1 aromatic rings.